The molecule has 136 valence electrons. The maximum atomic E-state index is 12.0. The van der Waals surface area contributed by atoms with E-state index in [1.54, 1.807) is 26.3 Å². The summed E-state index contributed by atoms with van der Waals surface area (Å²) in [5.74, 6) is -0.443. The Morgan fingerprint density at radius 1 is 1.36 bits per heavy atom. The summed E-state index contributed by atoms with van der Waals surface area (Å²) in [5.41, 5.74) is 2.56. The molecular formula is C17H22N2O4S2. The van der Waals surface area contributed by atoms with Crippen molar-refractivity contribution in [2.75, 3.05) is 23.9 Å². The Morgan fingerprint density at radius 3 is 2.72 bits per heavy atom. The highest BCUT2D eigenvalue weighted by Crippen LogP contribution is 2.32. The molecule has 0 spiro atoms. The van der Waals surface area contributed by atoms with Crippen molar-refractivity contribution in [3.63, 3.8) is 0 Å². The van der Waals surface area contributed by atoms with Gasteiger partial charge in [0.25, 0.3) is 0 Å². The molecule has 0 aliphatic heterocycles. The highest BCUT2D eigenvalue weighted by molar-refractivity contribution is 7.92. The average Bonchev–Trinajstić information content (AvgIpc) is 2.93. The Balaban J connectivity index is 2.12. The Hall–Kier alpha value is -1.93. The van der Waals surface area contributed by atoms with Crippen molar-refractivity contribution in [3.05, 3.63) is 29.1 Å². The molecule has 0 radical (unpaired) electrons. The minimum absolute atomic E-state index is 0.00989. The van der Waals surface area contributed by atoms with Gasteiger partial charge in [-0.1, -0.05) is 25.5 Å². The number of aromatic nitrogens is 1. The fraction of sp³-hybridized carbons (Fsp3) is 0.412. The van der Waals surface area contributed by atoms with Gasteiger partial charge in [-0.3, -0.25) is 4.79 Å². The summed E-state index contributed by atoms with van der Waals surface area (Å²) >= 11 is 1.24. The SMILES string of the molecule is COc1ccc(C)cc1-c1csc(NC(=O)CS(=O)(=O)CC(C)C)n1. The fourth-order valence-corrected chi connectivity index (χ4v) is 4.73. The minimum Gasteiger partial charge on any atom is -0.496 e. The number of thiazole rings is 1. The maximum Gasteiger partial charge on any atom is 0.241 e. The number of nitrogens with zero attached hydrogens (tertiary/aromatic N) is 1. The molecule has 25 heavy (non-hydrogen) atoms. The van der Waals surface area contributed by atoms with Crippen molar-refractivity contribution >= 4 is 32.2 Å². The summed E-state index contributed by atoms with van der Waals surface area (Å²) in [4.78, 5) is 16.4. The Labute approximate surface area is 152 Å². The average molecular weight is 383 g/mol. The number of benzene rings is 1. The van der Waals surface area contributed by atoms with Crippen LogP contribution >= 0.6 is 11.3 Å². The standard InChI is InChI=1S/C17H22N2O4S2/c1-11(2)9-25(21,22)10-16(20)19-17-18-14(8-24-17)13-7-12(3)5-6-15(13)23-4/h5-8,11H,9-10H2,1-4H3,(H,18,19,20). The largest absolute Gasteiger partial charge is 0.496 e. The third-order valence-electron chi connectivity index (χ3n) is 3.32. The third kappa shape index (κ3) is 5.54. The van der Waals surface area contributed by atoms with E-state index in [0.717, 1.165) is 11.1 Å². The summed E-state index contributed by atoms with van der Waals surface area (Å²) in [6, 6.07) is 5.75. The van der Waals surface area contributed by atoms with Crippen LogP contribution in [-0.2, 0) is 14.6 Å². The molecule has 0 atom stereocenters. The minimum atomic E-state index is -3.42. The smallest absolute Gasteiger partial charge is 0.241 e. The molecule has 0 aliphatic rings. The van der Waals surface area contributed by atoms with Gasteiger partial charge in [0.1, 0.15) is 11.5 Å². The molecule has 0 bridgehead atoms. The summed E-state index contributed by atoms with van der Waals surface area (Å²) in [6.45, 7) is 5.58. The van der Waals surface area contributed by atoms with Gasteiger partial charge < -0.3 is 10.1 Å². The zero-order valence-electron chi connectivity index (χ0n) is 14.7. The van der Waals surface area contributed by atoms with Crippen molar-refractivity contribution < 1.29 is 17.9 Å². The fourth-order valence-electron chi connectivity index (χ4n) is 2.40. The highest BCUT2D eigenvalue weighted by atomic mass is 32.2. The lowest BCUT2D eigenvalue weighted by Crippen LogP contribution is -2.26. The number of methoxy groups -OCH3 is 1. The number of anilines is 1. The topological polar surface area (TPSA) is 85.4 Å². The van der Waals surface area contributed by atoms with Gasteiger partial charge in [0.2, 0.25) is 5.91 Å². The van der Waals surface area contributed by atoms with E-state index in [1.165, 1.54) is 11.3 Å². The number of ether oxygens (including phenoxy) is 1. The van der Waals surface area contributed by atoms with Crippen molar-refractivity contribution in [1.82, 2.24) is 4.98 Å². The van der Waals surface area contributed by atoms with Crippen LogP contribution in [0.15, 0.2) is 23.6 Å². The van der Waals surface area contributed by atoms with Gasteiger partial charge in [0.05, 0.1) is 18.6 Å². The number of aryl methyl sites for hydroxylation is 1. The molecule has 0 saturated heterocycles. The van der Waals surface area contributed by atoms with E-state index in [0.29, 0.717) is 16.6 Å². The Kier molecular flexibility index (Phi) is 6.18. The third-order valence-corrected chi connectivity index (χ3v) is 5.95. The second-order valence-corrected chi connectivity index (χ2v) is 9.21. The number of hydrogen-bond donors (Lipinski definition) is 1. The van der Waals surface area contributed by atoms with Gasteiger partial charge >= 0.3 is 0 Å². The van der Waals surface area contributed by atoms with Crippen LogP contribution in [0.3, 0.4) is 0 Å². The van der Waals surface area contributed by atoms with E-state index >= 15 is 0 Å². The summed E-state index contributed by atoms with van der Waals surface area (Å²) in [7, 11) is -1.83. The molecule has 1 aromatic heterocycles. The number of carbonyl (C=O) groups is 1. The summed E-state index contributed by atoms with van der Waals surface area (Å²) < 4.78 is 29.1. The summed E-state index contributed by atoms with van der Waals surface area (Å²) in [6.07, 6.45) is 0. The first kappa shape index (κ1) is 19.4. The molecule has 2 aromatic rings. The zero-order valence-corrected chi connectivity index (χ0v) is 16.3. The van der Waals surface area contributed by atoms with Crippen molar-refractivity contribution in [3.8, 4) is 17.0 Å². The molecule has 1 aromatic carbocycles. The number of amides is 1. The molecule has 1 amide bonds. The van der Waals surface area contributed by atoms with Gasteiger partial charge in [-0.2, -0.15) is 0 Å². The first-order chi connectivity index (χ1) is 11.7. The second kappa shape index (κ2) is 7.97. The van der Waals surface area contributed by atoms with Crippen LogP contribution in [-0.4, -0.2) is 37.9 Å². The second-order valence-electron chi connectivity index (χ2n) is 6.24. The van der Waals surface area contributed by atoms with Crippen molar-refractivity contribution in [2.45, 2.75) is 20.8 Å². The molecule has 0 aliphatic carbocycles. The lowest BCUT2D eigenvalue weighted by Gasteiger charge is -2.07. The highest BCUT2D eigenvalue weighted by Gasteiger charge is 2.19. The summed E-state index contributed by atoms with van der Waals surface area (Å²) in [5, 5.41) is 4.73. The Bertz CT molecular complexity index is 857. The van der Waals surface area contributed by atoms with E-state index < -0.39 is 21.5 Å². The van der Waals surface area contributed by atoms with E-state index in [1.807, 2.05) is 25.1 Å². The van der Waals surface area contributed by atoms with Gasteiger partial charge in [-0.25, -0.2) is 13.4 Å². The predicted octanol–water partition coefficient (Wildman–Crippen LogP) is 3.14. The van der Waals surface area contributed by atoms with Crippen molar-refractivity contribution in [1.29, 1.82) is 0 Å². The van der Waals surface area contributed by atoms with Crippen molar-refractivity contribution in [2.24, 2.45) is 5.92 Å². The molecule has 6 nitrogen and oxygen atoms in total. The maximum absolute atomic E-state index is 12.0. The number of sulfone groups is 1. The van der Waals surface area contributed by atoms with Gasteiger partial charge in [-0.05, 0) is 25.0 Å². The predicted molar refractivity (Wildman–Crippen MR) is 101 cm³/mol. The van der Waals surface area contributed by atoms with Gasteiger partial charge in [-0.15, -0.1) is 11.3 Å². The molecule has 0 unspecified atom stereocenters. The van der Waals surface area contributed by atoms with Crippen LogP contribution in [0.1, 0.15) is 19.4 Å². The number of rotatable bonds is 7. The van der Waals surface area contributed by atoms with E-state index in [9.17, 15) is 13.2 Å². The van der Waals surface area contributed by atoms with E-state index in [4.69, 9.17) is 4.74 Å². The first-order valence-electron chi connectivity index (χ1n) is 7.81. The van der Waals surface area contributed by atoms with E-state index in [2.05, 4.69) is 10.3 Å². The first-order valence-corrected chi connectivity index (χ1v) is 10.5. The molecule has 2 rings (SSSR count). The molecule has 1 heterocycles. The van der Waals surface area contributed by atoms with Crippen LogP contribution in [0.25, 0.3) is 11.3 Å². The van der Waals surface area contributed by atoms with Crippen LogP contribution in [0.5, 0.6) is 5.75 Å². The molecule has 8 heteroatoms. The molecule has 1 N–H and O–H groups in total. The van der Waals surface area contributed by atoms with Crippen LogP contribution < -0.4 is 10.1 Å². The number of carbonyl (C=O) groups excluding carboxylic acids is 1. The lowest BCUT2D eigenvalue weighted by molar-refractivity contribution is -0.113. The monoisotopic (exact) mass is 382 g/mol. The quantitative estimate of drug-likeness (QED) is 0.795. The van der Waals surface area contributed by atoms with Crippen LogP contribution in [0.2, 0.25) is 0 Å². The molecule has 0 fully saturated rings. The van der Waals surface area contributed by atoms with Gasteiger partial charge in [0.15, 0.2) is 15.0 Å². The lowest BCUT2D eigenvalue weighted by atomic mass is 10.1. The van der Waals surface area contributed by atoms with Crippen LogP contribution in [0.4, 0.5) is 5.13 Å². The number of nitrogens with one attached hydrogen (secondary N) is 1. The van der Waals surface area contributed by atoms with Gasteiger partial charge in [0, 0.05) is 10.9 Å². The molecular weight excluding hydrogens is 360 g/mol. The van der Waals surface area contributed by atoms with Crippen LogP contribution in [0, 0.1) is 12.8 Å². The molecule has 0 saturated carbocycles. The zero-order chi connectivity index (χ0) is 18.6. The normalized spacial score (nSPS) is 11.6. The Morgan fingerprint density at radius 2 is 2.08 bits per heavy atom. The number of hydrogen-bond acceptors (Lipinski definition) is 6. The van der Waals surface area contributed by atoms with E-state index in [-0.39, 0.29) is 11.7 Å².